The highest BCUT2D eigenvalue weighted by Crippen LogP contribution is 2.32. The zero-order valence-corrected chi connectivity index (χ0v) is 15.8. The van der Waals surface area contributed by atoms with Gasteiger partial charge in [-0.15, -0.1) is 0 Å². The third kappa shape index (κ3) is 3.27. The second-order valence-electron chi connectivity index (χ2n) is 7.34. The first-order valence-corrected chi connectivity index (χ1v) is 9.32. The van der Waals surface area contributed by atoms with Crippen LogP contribution < -0.4 is 10.2 Å². The number of aromatic amines is 1. The summed E-state index contributed by atoms with van der Waals surface area (Å²) in [6.07, 6.45) is 4.14. The summed E-state index contributed by atoms with van der Waals surface area (Å²) in [5.74, 6) is 0.896. The molecular formula is C19H23ClN6. The van der Waals surface area contributed by atoms with Gasteiger partial charge in [0, 0.05) is 30.2 Å². The van der Waals surface area contributed by atoms with Crippen molar-refractivity contribution in [2.45, 2.75) is 19.8 Å². The summed E-state index contributed by atoms with van der Waals surface area (Å²) in [6, 6.07) is 7.66. The van der Waals surface area contributed by atoms with Crippen molar-refractivity contribution in [3.05, 3.63) is 35.5 Å². The monoisotopic (exact) mass is 370 g/mol. The topological polar surface area (TPSA) is 69.7 Å². The first-order valence-electron chi connectivity index (χ1n) is 8.95. The number of nitrogens with zero attached hydrogens (tertiary/aromatic N) is 4. The Morgan fingerprint density at radius 1 is 1.31 bits per heavy atom. The number of aromatic nitrogens is 4. The van der Waals surface area contributed by atoms with Crippen molar-refractivity contribution in [1.82, 2.24) is 25.5 Å². The van der Waals surface area contributed by atoms with E-state index in [4.69, 9.17) is 16.6 Å². The molecular weight excluding hydrogens is 348 g/mol. The summed E-state index contributed by atoms with van der Waals surface area (Å²) < 4.78 is 0. The highest BCUT2D eigenvalue weighted by Gasteiger charge is 2.30. The van der Waals surface area contributed by atoms with E-state index in [9.17, 15) is 0 Å². The Labute approximate surface area is 158 Å². The lowest BCUT2D eigenvalue weighted by atomic mass is 9.80. The number of piperidine rings is 1. The fraction of sp³-hybridized carbons (Fsp3) is 0.421. The molecule has 3 aromatic rings. The molecule has 26 heavy (non-hydrogen) atoms. The highest BCUT2D eigenvalue weighted by molar-refractivity contribution is 6.30. The Hall–Kier alpha value is -2.18. The minimum absolute atomic E-state index is 0.356. The number of benzene rings is 1. The quantitative estimate of drug-likeness (QED) is 0.735. The molecule has 1 saturated heterocycles. The van der Waals surface area contributed by atoms with Crippen molar-refractivity contribution in [3.63, 3.8) is 0 Å². The summed E-state index contributed by atoms with van der Waals surface area (Å²) in [5, 5.41) is 11.4. The number of H-pyrrole nitrogens is 1. The molecule has 6 nitrogen and oxygen atoms in total. The lowest BCUT2D eigenvalue weighted by Gasteiger charge is -2.39. The predicted molar refractivity (Wildman–Crippen MR) is 106 cm³/mol. The summed E-state index contributed by atoms with van der Waals surface area (Å²) in [4.78, 5) is 11.7. The SMILES string of the molecule is CNCC1(C)CCN(c2cnc3c(-c4cccc(Cl)c4)[nH]nc3n2)CC1. The molecule has 0 unspecified atom stereocenters. The summed E-state index contributed by atoms with van der Waals surface area (Å²) >= 11 is 6.10. The number of fused-ring (bicyclic) bond motifs is 1. The summed E-state index contributed by atoms with van der Waals surface area (Å²) in [7, 11) is 2.02. The third-order valence-electron chi connectivity index (χ3n) is 5.26. The molecule has 2 aromatic heterocycles. The van der Waals surface area contributed by atoms with E-state index in [0.29, 0.717) is 16.1 Å². The lowest BCUT2D eigenvalue weighted by molar-refractivity contribution is 0.242. The van der Waals surface area contributed by atoms with E-state index in [1.165, 1.54) is 0 Å². The fourth-order valence-corrected chi connectivity index (χ4v) is 3.85. The van der Waals surface area contributed by atoms with Gasteiger partial charge in [0.05, 0.1) is 11.9 Å². The molecule has 0 amide bonds. The van der Waals surface area contributed by atoms with Crippen molar-refractivity contribution >= 4 is 28.6 Å². The zero-order chi connectivity index (χ0) is 18.1. The molecule has 4 rings (SSSR count). The summed E-state index contributed by atoms with van der Waals surface area (Å²) in [5.41, 5.74) is 3.58. The second-order valence-corrected chi connectivity index (χ2v) is 7.77. The second kappa shape index (κ2) is 6.85. The van der Waals surface area contributed by atoms with Crippen LogP contribution in [0.25, 0.3) is 22.4 Å². The van der Waals surface area contributed by atoms with Crippen LogP contribution in [0.2, 0.25) is 5.02 Å². The van der Waals surface area contributed by atoms with Crippen LogP contribution in [0, 0.1) is 5.41 Å². The molecule has 7 heteroatoms. The van der Waals surface area contributed by atoms with Crippen molar-refractivity contribution in [2.75, 3.05) is 31.6 Å². The predicted octanol–water partition coefficient (Wildman–Crippen LogP) is 3.50. The number of rotatable bonds is 4. The molecule has 1 aromatic carbocycles. The number of nitrogens with one attached hydrogen (secondary N) is 2. The Kier molecular flexibility index (Phi) is 4.54. The fourth-order valence-electron chi connectivity index (χ4n) is 3.66. The van der Waals surface area contributed by atoms with E-state index < -0.39 is 0 Å². The van der Waals surface area contributed by atoms with Crippen LogP contribution in [0.15, 0.2) is 30.5 Å². The minimum atomic E-state index is 0.356. The number of hydrogen-bond acceptors (Lipinski definition) is 5. The van der Waals surface area contributed by atoms with Crippen LogP contribution in [-0.4, -0.2) is 46.8 Å². The molecule has 136 valence electrons. The Bertz CT molecular complexity index is 913. The molecule has 3 heterocycles. The molecule has 1 aliphatic rings. The smallest absolute Gasteiger partial charge is 0.202 e. The average molecular weight is 371 g/mol. The van der Waals surface area contributed by atoms with E-state index >= 15 is 0 Å². The van der Waals surface area contributed by atoms with Gasteiger partial charge in [-0.3, -0.25) is 5.10 Å². The Morgan fingerprint density at radius 2 is 2.12 bits per heavy atom. The van der Waals surface area contributed by atoms with Crippen molar-refractivity contribution in [3.8, 4) is 11.3 Å². The van der Waals surface area contributed by atoms with Gasteiger partial charge in [-0.25, -0.2) is 9.97 Å². The lowest BCUT2D eigenvalue weighted by Crippen LogP contribution is -2.43. The molecule has 0 aliphatic carbocycles. The van der Waals surface area contributed by atoms with Crippen molar-refractivity contribution < 1.29 is 0 Å². The Balaban J connectivity index is 1.58. The standard InChI is InChI=1S/C19H23ClN6/c1-19(12-21-2)6-8-26(9-7-19)15-11-22-17-16(24-25-18(17)23-15)13-4-3-5-14(20)10-13/h3-5,10-11,21H,6-9,12H2,1-2H3,(H,23,24,25). The van der Waals surface area contributed by atoms with Crippen LogP contribution in [0.3, 0.4) is 0 Å². The third-order valence-corrected chi connectivity index (χ3v) is 5.50. The van der Waals surface area contributed by atoms with Crippen LogP contribution in [0.1, 0.15) is 19.8 Å². The summed E-state index contributed by atoms with van der Waals surface area (Å²) in [6.45, 7) is 5.38. The normalized spacial score (nSPS) is 17.0. The molecule has 1 aliphatic heterocycles. The zero-order valence-electron chi connectivity index (χ0n) is 15.1. The molecule has 0 spiro atoms. The van der Waals surface area contributed by atoms with Crippen molar-refractivity contribution in [2.24, 2.45) is 5.41 Å². The first kappa shape index (κ1) is 17.2. The molecule has 0 atom stereocenters. The van der Waals surface area contributed by atoms with E-state index in [1.54, 1.807) is 0 Å². The van der Waals surface area contributed by atoms with E-state index in [-0.39, 0.29) is 0 Å². The highest BCUT2D eigenvalue weighted by atomic mass is 35.5. The number of anilines is 1. The molecule has 0 radical (unpaired) electrons. The first-order chi connectivity index (χ1) is 12.6. The maximum atomic E-state index is 6.10. The van der Waals surface area contributed by atoms with E-state index in [1.807, 2.05) is 37.5 Å². The average Bonchev–Trinajstić information content (AvgIpc) is 3.05. The maximum Gasteiger partial charge on any atom is 0.202 e. The van der Waals surface area contributed by atoms with Gasteiger partial charge in [0.2, 0.25) is 5.65 Å². The van der Waals surface area contributed by atoms with Gasteiger partial charge in [-0.1, -0.05) is 30.7 Å². The Morgan fingerprint density at radius 3 is 2.85 bits per heavy atom. The van der Waals surface area contributed by atoms with Gasteiger partial charge in [0.15, 0.2) is 0 Å². The largest absolute Gasteiger partial charge is 0.355 e. The van der Waals surface area contributed by atoms with Gasteiger partial charge in [0.1, 0.15) is 11.3 Å². The van der Waals surface area contributed by atoms with Crippen LogP contribution in [-0.2, 0) is 0 Å². The molecule has 0 saturated carbocycles. The molecule has 1 fully saturated rings. The van der Waals surface area contributed by atoms with Crippen LogP contribution >= 0.6 is 11.6 Å². The van der Waals surface area contributed by atoms with Gasteiger partial charge < -0.3 is 10.2 Å². The van der Waals surface area contributed by atoms with Gasteiger partial charge in [-0.05, 0) is 37.4 Å². The van der Waals surface area contributed by atoms with Crippen LogP contribution in [0.5, 0.6) is 0 Å². The van der Waals surface area contributed by atoms with Gasteiger partial charge >= 0.3 is 0 Å². The minimum Gasteiger partial charge on any atom is -0.355 e. The van der Waals surface area contributed by atoms with E-state index in [2.05, 4.69) is 32.3 Å². The van der Waals surface area contributed by atoms with Crippen LogP contribution in [0.4, 0.5) is 5.82 Å². The molecule has 2 N–H and O–H groups in total. The van der Waals surface area contributed by atoms with Gasteiger partial charge in [-0.2, -0.15) is 5.10 Å². The molecule has 0 bridgehead atoms. The maximum absolute atomic E-state index is 6.10. The number of halogens is 1. The van der Waals surface area contributed by atoms with E-state index in [0.717, 1.165) is 55.1 Å². The number of hydrogen-bond donors (Lipinski definition) is 2. The van der Waals surface area contributed by atoms with Gasteiger partial charge in [0.25, 0.3) is 0 Å². The van der Waals surface area contributed by atoms with Crippen molar-refractivity contribution in [1.29, 1.82) is 0 Å².